The average molecular weight is 520 g/mol. The highest BCUT2D eigenvalue weighted by Gasteiger charge is 2.58. The van der Waals surface area contributed by atoms with Gasteiger partial charge in [-0.3, -0.25) is 14.9 Å². The summed E-state index contributed by atoms with van der Waals surface area (Å²) in [6.45, 7) is -2.41. The second-order valence-corrected chi connectivity index (χ2v) is 7.24. The van der Waals surface area contributed by atoms with Crippen LogP contribution in [-0.2, 0) is 5.67 Å². The summed E-state index contributed by atoms with van der Waals surface area (Å²) >= 11 is 8.76. The topological polar surface area (TPSA) is 63.5 Å². The summed E-state index contributed by atoms with van der Waals surface area (Å²) in [5.41, 5.74) is -7.46. The summed E-state index contributed by atoms with van der Waals surface area (Å²) in [7, 11) is 1.06. The first-order chi connectivity index (χ1) is 13.8. The number of benzene rings is 2. The molecular weight excluding hydrogens is 510 g/mol. The van der Waals surface area contributed by atoms with Crippen molar-refractivity contribution in [1.82, 2.24) is 0 Å². The van der Waals surface area contributed by atoms with Crippen molar-refractivity contribution in [1.29, 1.82) is 0 Å². The van der Waals surface area contributed by atoms with Gasteiger partial charge in [-0.2, -0.15) is 17.6 Å². The number of anilines is 1. The molecule has 1 unspecified atom stereocenters. The number of carbonyl (C=O) groups excluding carboxylic acids is 1. The zero-order valence-electron chi connectivity index (χ0n) is 14.7. The molecule has 30 heavy (non-hydrogen) atoms. The van der Waals surface area contributed by atoms with Crippen molar-refractivity contribution >= 4 is 44.8 Å². The molecule has 0 bridgehead atoms. The first-order valence-electron chi connectivity index (χ1n) is 7.78. The monoisotopic (exact) mass is 518 g/mol. The van der Waals surface area contributed by atoms with Gasteiger partial charge >= 0.3 is 11.9 Å². The molecule has 0 saturated carbocycles. The fourth-order valence-corrected chi connectivity index (χ4v) is 3.73. The van der Waals surface area contributed by atoms with Gasteiger partial charge in [0.15, 0.2) is 0 Å². The number of amides is 1. The average Bonchev–Trinajstić information content (AvgIpc) is 2.64. The zero-order valence-corrected chi connectivity index (χ0v) is 17.1. The largest absolute Gasteiger partial charge is 0.429 e. The fourth-order valence-electron chi connectivity index (χ4n) is 2.54. The van der Waals surface area contributed by atoms with E-state index in [4.69, 9.17) is 11.6 Å². The Morgan fingerprint density at radius 2 is 1.87 bits per heavy atom. The van der Waals surface area contributed by atoms with Crippen LogP contribution in [-0.4, -0.2) is 30.7 Å². The van der Waals surface area contributed by atoms with E-state index in [1.807, 2.05) is 0 Å². The molecule has 0 heterocycles. The van der Waals surface area contributed by atoms with Gasteiger partial charge in [-0.15, -0.1) is 0 Å². The summed E-state index contributed by atoms with van der Waals surface area (Å²) < 4.78 is 80.1. The molecule has 1 atom stereocenters. The van der Waals surface area contributed by atoms with Crippen molar-refractivity contribution in [3.05, 3.63) is 66.9 Å². The fraction of sp³-hybridized carbons (Fsp3) is 0.235. The number of hydrogen-bond donors (Lipinski definition) is 0. The summed E-state index contributed by atoms with van der Waals surface area (Å²) in [5.74, 6) is -2.56. The highest BCUT2D eigenvalue weighted by Crippen LogP contribution is 2.46. The Balaban J connectivity index is 2.55. The van der Waals surface area contributed by atoms with Crippen LogP contribution in [0.3, 0.4) is 0 Å². The lowest BCUT2D eigenvalue weighted by molar-refractivity contribution is -0.387. The lowest BCUT2D eigenvalue weighted by Crippen LogP contribution is -2.40. The van der Waals surface area contributed by atoms with Gasteiger partial charge in [0.25, 0.3) is 11.6 Å². The molecular formula is C17H10BrClF6N2O3. The van der Waals surface area contributed by atoms with E-state index in [0.717, 1.165) is 25.2 Å². The van der Waals surface area contributed by atoms with Crippen LogP contribution in [0.4, 0.5) is 37.7 Å². The number of nitro benzene ring substituents is 1. The van der Waals surface area contributed by atoms with Crippen LogP contribution in [0.2, 0.25) is 5.02 Å². The van der Waals surface area contributed by atoms with Gasteiger partial charge < -0.3 is 4.90 Å². The summed E-state index contributed by atoms with van der Waals surface area (Å²) in [6.07, 6.45) is -5.58. The van der Waals surface area contributed by atoms with E-state index in [0.29, 0.717) is 17.0 Å². The molecule has 0 saturated heterocycles. The van der Waals surface area contributed by atoms with Crippen molar-refractivity contribution in [3.8, 4) is 0 Å². The number of halogens is 8. The smallest absolute Gasteiger partial charge is 0.309 e. The molecule has 13 heteroatoms. The van der Waals surface area contributed by atoms with Crippen LogP contribution in [0.5, 0.6) is 0 Å². The van der Waals surface area contributed by atoms with Gasteiger partial charge in [0.05, 0.1) is 21.2 Å². The van der Waals surface area contributed by atoms with E-state index in [1.54, 1.807) is 0 Å². The standard InChI is InChI=1S/C17H10BrClF6N2O3/c1-26(15(28)9-3-2-4-12(13(9)21)27(29)30)14-10(18)5-8(6-11(14)19)16(22,7-20)17(23,24)25/h2-6H,7H2,1H3. The van der Waals surface area contributed by atoms with E-state index >= 15 is 0 Å². The maximum Gasteiger partial charge on any atom is 0.429 e. The molecule has 0 aromatic heterocycles. The molecule has 0 N–H and O–H groups in total. The lowest BCUT2D eigenvalue weighted by atomic mass is 9.96. The third-order valence-electron chi connectivity index (χ3n) is 4.15. The predicted molar refractivity (Wildman–Crippen MR) is 99.8 cm³/mol. The minimum absolute atomic E-state index is 0.292. The molecule has 2 rings (SSSR count). The Morgan fingerprint density at radius 1 is 1.27 bits per heavy atom. The van der Waals surface area contributed by atoms with E-state index in [-0.39, 0.29) is 10.2 Å². The minimum Gasteiger partial charge on any atom is -0.309 e. The second-order valence-electron chi connectivity index (χ2n) is 5.98. The van der Waals surface area contributed by atoms with Crippen molar-refractivity contribution < 1.29 is 36.1 Å². The van der Waals surface area contributed by atoms with Crippen molar-refractivity contribution in [2.45, 2.75) is 11.8 Å². The highest BCUT2D eigenvalue weighted by molar-refractivity contribution is 9.10. The first kappa shape index (κ1) is 23.9. The van der Waals surface area contributed by atoms with Gasteiger partial charge in [-0.1, -0.05) is 17.7 Å². The third-order valence-corrected chi connectivity index (χ3v) is 5.05. The normalized spacial score (nSPS) is 13.6. The molecule has 2 aromatic rings. The number of hydrogen-bond acceptors (Lipinski definition) is 3. The van der Waals surface area contributed by atoms with E-state index in [9.17, 15) is 41.3 Å². The SMILES string of the molecule is CN(C(=O)c1cccc([N+](=O)[O-])c1F)c1c(Cl)cc(C(F)(CF)C(F)(F)F)cc1Br. The van der Waals surface area contributed by atoms with Crippen LogP contribution in [0.1, 0.15) is 15.9 Å². The number of alkyl halides is 5. The van der Waals surface area contributed by atoms with E-state index in [1.165, 1.54) is 0 Å². The Bertz CT molecular complexity index is 996. The van der Waals surface area contributed by atoms with Crippen LogP contribution < -0.4 is 4.90 Å². The zero-order chi connectivity index (χ0) is 23.0. The van der Waals surface area contributed by atoms with Gasteiger partial charge in [0.1, 0.15) is 6.67 Å². The van der Waals surface area contributed by atoms with Gasteiger partial charge in [0, 0.05) is 23.2 Å². The molecule has 0 aliphatic heterocycles. The molecule has 0 fully saturated rings. The molecule has 1 amide bonds. The number of rotatable bonds is 5. The summed E-state index contributed by atoms with van der Waals surface area (Å²) in [4.78, 5) is 23.1. The van der Waals surface area contributed by atoms with Crippen LogP contribution in [0.15, 0.2) is 34.8 Å². The maximum absolute atomic E-state index is 14.3. The third kappa shape index (κ3) is 4.10. The van der Waals surface area contributed by atoms with Gasteiger partial charge in [-0.25, -0.2) is 8.78 Å². The second kappa shape index (κ2) is 8.42. The molecule has 162 valence electrons. The number of nitrogens with zero attached hydrogens (tertiary/aromatic N) is 2. The van der Waals surface area contributed by atoms with Crippen LogP contribution in [0.25, 0.3) is 0 Å². The Kier molecular flexibility index (Phi) is 6.72. The van der Waals surface area contributed by atoms with Crippen LogP contribution in [0, 0.1) is 15.9 Å². The van der Waals surface area contributed by atoms with E-state index in [2.05, 4.69) is 15.9 Å². The Labute approximate surface area is 178 Å². The van der Waals surface area contributed by atoms with Crippen LogP contribution >= 0.6 is 27.5 Å². The lowest BCUT2D eigenvalue weighted by Gasteiger charge is -2.27. The van der Waals surface area contributed by atoms with Crippen molar-refractivity contribution in [2.24, 2.45) is 0 Å². The molecule has 0 aliphatic carbocycles. The summed E-state index contributed by atoms with van der Waals surface area (Å²) in [6, 6.07) is 3.92. The molecule has 0 spiro atoms. The molecule has 0 aliphatic rings. The van der Waals surface area contributed by atoms with Gasteiger partial charge in [-0.05, 0) is 34.1 Å². The number of nitro groups is 1. The molecule has 5 nitrogen and oxygen atoms in total. The quantitative estimate of drug-likeness (QED) is 0.272. The number of carbonyl (C=O) groups is 1. The van der Waals surface area contributed by atoms with Gasteiger partial charge in [0.2, 0.25) is 5.82 Å². The predicted octanol–water partition coefficient (Wildman–Crippen LogP) is 6.12. The van der Waals surface area contributed by atoms with E-state index < -0.39 is 57.0 Å². The Hall–Kier alpha value is -2.34. The molecule has 2 aromatic carbocycles. The van der Waals surface area contributed by atoms with Crippen molar-refractivity contribution in [2.75, 3.05) is 18.6 Å². The van der Waals surface area contributed by atoms with Crippen molar-refractivity contribution in [3.63, 3.8) is 0 Å². The molecule has 0 radical (unpaired) electrons. The Morgan fingerprint density at radius 3 is 2.33 bits per heavy atom. The minimum atomic E-state index is -5.58. The first-order valence-corrected chi connectivity index (χ1v) is 8.95. The summed E-state index contributed by atoms with van der Waals surface area (Å²) in [5, 5.41) is 10.3. The highest BCUT2D eigenvalue weighted by atomic mass is 79.9. The maximum atomic E-state index is 14.3.